The van der Waals surface area contributed by atoms with Gasteiger partial charge in [0.1, 0.15) is 11.5 Å². The molecular formula is C16H16Cl2N2O3. The molecule has 2 aromatic rings. The van der Waals surface area contributed by atoms with Crippen molar-refractivity contribution in [3.05, 3.63) is 46.4 Å². The summed E-state index contributed by atoms with van der Waals surface area (Å²) in [5.74, 6) is 1.02. The van der Waals surface area contributed by atoms with Crippen LogP contribution in [0.2, 0.25) is 10.0 Å². The number of amides is 1. The van der Waals surface area contributed by atoms with Gasteiger partial charge in [0.05, 0.1) is 26.5 Å². The maximum Gasteiger partial charge on any atom is 0.243 e. The lowest BCUT2D eigenvalue weighted by atomic mass is 10.2. The van der Waals surface area contributed by atoms with Crippen LogP contribution in [0.25, 0.3) is 0 Å². The summed E-state index contributed by atoms with van der Waals surface area (Å²) in [6, 6.07) is 10.1. The molecule has 7 heteroatoms. The Morgan fingerprint density at radius 3 is 2.35 bits per heavy atom. The summed E-state index contributed by atoms with van der Waals surface area (Å²) in [4.78, 5) is 12.0. The van der Waals surface area contributed by atoms with Crippen LogP contribution in [0, 0.1) is 0 Å². The summed E-state index contributed by atoms with van der Waals surface area (Å²) in [6.45, 7) is 0.0623. The van der Waals surface area contributed by atoms with E-state index < -0.39 is 0 Å². The number of anilines is 2. The van der Waals surface area contributed by atoms with E-state index in [1.165, 1.54) is 0 Å². The second-order valence-corrected chi connectivity index (χ2v) is 5.50. The van der Waals surface area contributed by atoms with Gasteiger partial charge in [0.15, 0.2) is 0 Å². The van der Waals surface area contributed by atoms with Gasteiger partial charge in [-0.3, -0.25) is 4.79 Å². The van der Waals surface area contributed by atoms with Gasteiger partial charge in [-0.15, -0.1) is 0 Å². The van der Waals surface area contributed by atoms with E-state index in [2.05, 4.69) is 10.6 Å². The Hall–Kier alpha value is -2.11. The van der Waals surface area contributed by atoms with Crippen LogP contribution in [-0.2, 0) is 4.79 Å². The molecule has 2 rings (SSSR count). The third-order valence-corrected chi connectivity index (χ3v) is 3.43. The lowest BCUT2D eigenvalue weighted by Crippen LogP contribution is -2.22. The fourth-order valence-corrected chi connectivity index (χ4v) is 2.48. The molecule has 0 saturated heterocycles. The summed E-state index contributed by atoms with van der Waals surface area (Å²) in [5.41, 5.74) is 1.23. The monoisotopic (exact) mass is 354 g/mol. The Morgan fingerprint density at radius 1 is 1.04 bits per heavy atom. The third-order valence-electron chi connectivity index (χ3n) is 2.99. The summed E-state index contributed by atoms with van der Waals surface area (Å²) in [7, 11) is 3.12. The average molecular weight is 355 g/mol. The molecular weight excluding hydrogens is 339 g/mol. The van der Waals surface area contributed by atoms with Crippen molar-refractivity contribution < 1.29 is 14.3 Å². The normalized spacial score (nSPS) is 10.1. The molecule has 0 aromatic heterocycles. The highest BCUT2D eigenvalue weighted by Gasteiger charge is 2.08. The highest BCUT2D eigenvalue weighted by atomic mass is 35.5. The van der Waals surface area contributed by atoms with Crippen molar-refractivity contribution in [3.63, 3.8) is 0 Å². The van der Waals surface area contributed by atoms with Crippen molar-refractivity contribution in [1.29, 1.82) is 0 Å². The second kappa shape index (κ2) is 7.94. The van der Waals surface area contributed by atoms with Gasteiger partial charge in [0.2, 0.25) is 5.91 Å². The van der Waals surface area contributed by atoms with E-state index in [0.29, 0.717) is 32.9 Å². The number of carbonyl (C=O) groups excluding carboxylic acids is 1. The summed E-state index contributed by atoms with van der Waals surface area (Å²) in [6.07, 6.45) is 0. The minimum Gasteiger partial charge on any atom is -0.497 e. The van der Waals surface area contributed by atoms with E-state index in [1.54, 1.807) is 50.6 Å². The van der Waals surface area contributed by atoms with E-state index in [0.717, 1.165) is 0 Å². The zero-order valence-electron chi connectivity index (χ0n) is 12.7. The summed E-state index contributed by atoms with van der Waals surface area (Å²) in [5, 5.41) is 6.64. The Balaban J connectivity index is 1.99. The fourth-order valence-electron chi connectivity index (χ4n) is 1.95. The molecule has 0 heterocycles. The van der Waals surface area contributed by atoms with E-state index >= 15 is 0 Å². The largest absolute Gasteiger partial charge is 0.497 e. The van der Waals surface area contributed by atoms with Crippen LogP contribution in [-0.4, -0.2) is 26.7 Å². The quantitative estimate of drug-likeness (QED) is 0.820. The summed E-state index contributed by atoms with van der Waals surface area (Å²) >= 11 is 11.8. The number of ether oxygens (including phenoxy) is 2. The molecule has 23 heavy (non-hydrogen) atoms. The Morgan fingerprint density at radius 2 is 1.74 bits per heavy atom. The molecule has 0 saturated carbocycles. The SMILES string of the molecule is COc1ccc(NCC(=O)Nc2cc(Cl)cc(Cl)c2)c(OC)c1. The molecule has 0 atom stereocenters. The first-order chi connectivity index (χ1) is 11.0. The fraction of sp³-hybridized carbons (Fsp3) is 0.188. The van der Waals surface area contributed by atoms with Gasteiger partial charge in [-0.2, -0.15) is 0 Å². The van der Waals surface area contributed by atoms with E-state index in [4.69, 9.17) is 32.7 Å². The van der Waals surface area contributed by atoms with E-state index in [9.17, 15) is 4.79 Å². The predicted octanol–water partition coefficient (Wildman–Crippen LogP) is 4.06. The minimum atomic E-state index is -0.235. The number of halogens is 2. The van der Waals surface area contributed by atoms with Crippen molar-refractivity contribution in [1.82, 2.24) is 0 Å². The van der Waals surface area contributed by atoms with Gasteiger partial charge in [-0.1, -0.05) is 23.2 Å². The van der Waals surface area contributed by atoms with Crippen LogP contribution in [0.15, 0.2) is 36.4 Å². The van der Waals surface area contributed by atoms with Gasteiger partial charge in [0, 0.05) is 21.8 Å². The first-order valence-corrected chi connectivity index (χ1v) is 7.49. The number of nitrogens with one attached hydrogen (secondary N) is 2. The standard InChI is InChI=1S/C16H16Cl2N2O3/c1-22-13-3-4-14(15(8-13)23-2)19-9-16(21)20-12-6-10(17)5-11(18)7-12/h3-8,19H,9H2,1-2H3,(H,20,21). The zero-order valence-corrected chi connectivity index (χ0v) is 14.2. The minimum absolute atomic E-state index is 0.0623. The van der Waals surface area contributed by atoms with E-state index in [1.807, 2.05) is 0 Å². The molecule has 2 N–H and O–H groups in total. The molecule has 0 aliphatic rings. The Kier molecular flexibility index (Phi) is 5.96. The van der Waals surface area contributed by atoms with Gasteiger partial charge < -0.3 is 20.1 Å². The molecule has 1 amide bonds. The highest BCUT2D eigenvalue weighted by molar-refractivity contribution is 6.35. The molecule has 2 aromatic carbocycles. The predicted molar refractivity (Wildman–Crippen MR) is 93.1 cm³/mol. The highest BCUT2D eigenvalue weighted by Crippen LogP contribution is 2.29. The molecule has 0 aliphatic carbocycles. The third kappa shape index (κ3) is 4.94. The van der Waals surface area contributed by atoms with Crippen molar-refractivity contribution in [2.24, 2.45) is 0 Å². The van der Waals surface area contributed by atoms with Crippen LogP contribution < -0.4 is 20.1 Å². The van der Waals surface area contributed by atoms with Gasteiger partial charge in [0.25, 0.3) is 0 Å². The van der Waals surface area contributed by atoms with Gasteiger partial charge in [-0.25, -0.2) is 0 Å². The number of hydrogen-bond donors (Lipinski definition) is 2. The Labute approximate surface area is 144 Å². The molecule has 0 aliphatic heterocycles. The topological polar surface area (TPSA) is 59.6 Å². The number of methoxy groups -OCH3 is 2. The number of rotatable bonds is 6. The van der Waals surface area contributed by atoms with E-state index in [-0.39, 0.29) is 12.5 Å². The average Bonchev–Trinajstić information content (AvgIpc) is 2.51. The second-order valence-electron chi connectivity index (χ2n) is 4.63. The molecule has 0 unspecified atom stereocenters. The molecule has 5 nitrogen and oxygen atoms in total. The van der Waals surface area contributed by atoms with Crippen LogP contribution in [0.1, 0.15) is 0 Å². The maximum atomic E-state index is 12.0. The molecule has 0 radical (unpaired) electrons. The van der Waals surface area contributed by atoms with Crippen LogP contribution >= 0.6 is 23.2 Å². The van der Waals surface area contributed by atoms with Crippen LogP contribution in [0.5, 0.6) is 11.5 Å². The Bertz CT molecular complexity index is 687. The number of hydrogen-bond acceptors (Lipinski definition) is 4. The molecule has 0 bridgehead atoms. The first-order valence-electron chi connectivity index (χ1n) is 6.73. The van der Waals surface area contributed by atoms with Crippen molar-refractivity contribution in [2.45, 2.75) is 0 Å². The zero-order chi connectivity index (χ0) is 16.8. The smallest absolute Gasteiger partial charge is 0.243 e. The van der Waals surface area contributed by atoms with Crippen molar-refractivity contribution >= 4 is 40.5 Å². The molecule has 0 spiro atoms. The van der Waals surface area contributed by atoms with Crippen molar-refractivity contribution in [2.75, 3.05) is 31.4 Å². The number of benzene rings is 2. The lowest BCUT2D eigenvalue weighted by molar-refractivity contribution is -0.114. The van der Waals surface area contributed by atoms with Gasteiger partial charge >= 0.3 is 0 Å². The molecule has 0 fully saturated rings. The maximum absolute atomic E-state index is 12.0. The lowest BCUT2D eigenvalue weighted by Gasteiger charge is -2.12. The molecule has 122 valence electrons. The summed E-state index contributed by atoms with van der Waals surface area (Å²) < 4.78 is 10.4. The van der Waals surface area contributed by atoms with Gasteiger partial charge in [-0.05, 0) is 30.3 Å². The number of carbonyl (C=O) groups is 1. The van der Waals surface area contributed by atoms with Crippen molar-refractivity contribution in [3.8, 4) is 11.5 Å². The first kappa shape index (κ1) is 17.2. The van der Waals surface area contributed by atoms with Crippen LogP contribution in [0.4, 0.5) is 11.4 Å². The van der Waals surface area contributed by atoms with Crippen LogP contribution in [0.3, 0.4) is 0 Å².